The molecular weight excluding hydrogens is 212 g/mol. The second-order valence-electron chi connectivity index (χ2n) is 4.18. The Morgan fingerprint density at radius 3 is 3.00 bits per heavy atom. The number of aliphatic hydroxyl groups is 1. The van der Waals surface area contributed by atoms with Crippen LogP contribution in [0, 0.1) is 0 Å². The topological polar surface area (TPSA) is 45.1 Å². The van der Waals surface area contributed by atoms with Gasteiger partial charge >= 0.3 is 0 Å². The summed E-state index contributed by atoms with van der Waals surface area (Å²) in [5.74, 6) is 0. The average Bonchev–Trinajstić information content (AvgIpc) is 2.38. The van der Waals surface area contributed by atoms with E-state index in [2.05, 4.69) is 17.2 Å². The van der Waals surface area contributed by atoms with Gasteiger partial charge in [0.05, 0.1) is 11.6 Å². The van der Waals surface area contributed by atoms with Crippen molar-refractivity contribution in [3.05, 3.63) is 42.1 Å². The van der Waals surface area contributed by atoms with Gasteiger partial charge in [0.25, 0.3) is 0 Å². The molecule has 3 nitrogen and oxygen atoms in total. The molecule has 1 aromatic carbocycles. The molecule has 2 N–H and O–H groups in total. The van der Waals surface area contributed by atoms with E-state index in [0.717, 1.165) is 29.4 Å². The highest BCUT2D eigenvalue weighted by molar-refractivity contribution is 5.78. The summed E-state index contributed by atoms with van der Waals surface area (Å²) in [7, 11) is 0. The predicted molar refractivity (Wildman–Crippen MR) is 69.9 cm³/mol. The van der Waals surface area contributed by atoms with Crippen LogP contribution in [0.5, 0.6) is 0 Å². The maximum atomic E-state index is 10.0. The monoisotopic (exact) mass is 230 g/mol. The molecule has 2 aromatic rings. The molecule has 0 aliphatic rings. The van der Waals surface area contributed by atoms with Crippen molar-refractivity contribution in [1.82, 2.24) is 10.3 Å². The Morgan fingerprint density at radius 1 is 1.35 bits per heavy atom. The molecule has 0 bridgehead atoms. The highest BCUT2D eigenvalue weighted by Crippen LogP contribution is 2.17. The van der Waals surface area contributed by atoms with Crippen molar-refractivity contribution < 1.29 is 5.11 Å². The maximum Gasteiger partial charge on any atom is 0.0929 e. The second kappa shape index (κ2) is 5.75. The lowest BCUT2D eigenvalue weighted by Crippen LogP contribution is -2.22. The van der Waals surface area contributed by atoms with Crippen molar-refractivity contribution in [2.75, 3.05) is 13.1 Å². The summed E-state index contributed by atoms with van der Waals surface area (Å²) in [5.41, 5.74) is 1.83. The van der Waals surface area contributed by atoms with Gasteiger partial charge in [-0.2, -0.15) is 0 Å². The molecule has 0 saturated carbocycles. The third-order valence-electron chi connectivity index (χ3n) is 2.76. The van der Waals surface area contributed by atoms with Gasteiger partial charge < -0.3 is 10.4 Å². The molecule has 1 unspecified atom stereocenters. The Bertz CT molecular complexity index is 484. The third-order valence-corrected chi connectivity index (χ3v) is 2.76. The summed E-state index contributed by atoms with van der Waals surface area (Å²) in [4.78, 5) is 4.34. The minimum absolute atomic E-state index is 0.487. The lowest BCUT2D eigenvalue weighted by atomic mass is 10.1. The van der Waals surface area contributed by atoms with E-state index >= 15 is 0 Å². The number of benzene rings is 1. The molecule has 0 fully saturated rings. The Hall–Kier alpha value is -1.45. The molecule has 0 radical (unpaired) electrons. The first kappa shape index (κ1) is 12.0. The highest BCUT2D eigenvalue weighted by Gasteiger charge is 2.07. The number of para-hydroxylation sites is 1. The maximum absolute atomic E-state index is 10.0. The molecule has 1 heterocycles. The van der Waals surface area contributed by atoms with Gasteiger partial charge in [0.1, 0.15) is 0 Å². The minimum atomic E-state index is -0.487. The predicted octanol–water partition coefficient (Wildman–Crippen LogP) is 2.27. The number of hydrogen-bond acceptors (Lipinski definition) is 3. The van der Waals surface area contributed by atoms with Crippen molar-refractivity contribution >= 4 is 10.9 Å². The summed E-state index contributed by atoms with van der Waals surface area (Å²) < 4.78 is 0. The summed E-state index contributed by atoms with van der Waals surface area (Å²) in [6.07, 6.45) is 2.34. The van der Waals surface area contributed by atoms with Gasteiger partial charge in [-0.05, 0) is 25.1 Å². The largest absolute Gasteiger partial charge is 0.387 e. The number of aromatic nitrogens is 1. The van der Waals surface area contributed by atoms with Gasteiger partial charge in [-0.15, -0.1) is 0 Å². The number of rotatable bonds is 5. The number of hydrogen-bond donors (Lipinski definition) is 2. The molecule has 1 aromatic heterocycles. The van der Waals surface area contributed by atoms with Gasteiger partial charge in [0, 0.05) is 23.7 Å². The van der Waals surface area contributed by atoms with Crippen molar-refractivity contribution in [3.8, 4) is 0 Å². The number of aliphatic hydroxyl groups excluding tert-OH is 1. The first-order valence-electron chi connectivity index (χ1n) is 6.04. The van der Waals surface area contributed by atoms with Gasteiger partial charge in [-0.25, -0.2) is 0 Å². The SMILES string of the molecule is CCCNCC(O)c1cnc2ccccc2c1. The molecule has 3 heteroatoms. The first-order chi connectivity index (χ1) is 8.31. The molecule has 0 saturated heterocycles. The average molecular weight is 230 g/mol. The van der Waals surface area contributed by atoms with Crippen LogP contribution in [-0.4, -0.2) is 23.2 Å². The Morgan fingerprint density at radius 2 is 2.18 bits per heavy atom. The fourth-order valence-electron chi connectivity index (χ4n) is 1.80. The Kier molecular flexibility index (Phi) is 4.07. The van der Waals surface area contributed by atoms with Gasteiger partial charge in [-0.1, -0.05) is 25.1 Å². The normalized spacial score (nSPS) is 12.8. The minimum Gasteiger partial charge on any atom is -0.387 e. The molecule has 0 aliphatic heterocycles. The molecule has 2 rings (SSSR count). The molecule has 0 spiro atoms. The molecule has 1 atom stereocenters. The van der Waals surface area contributed by atoms with Crippen molar-refractivity contribution in [2.45, 2.75) is 19.4 Å². The van der Waals surface area contributed by atoms with Crippen LogP contribution in [0.15, 0.2) is 36.5 Å². The van der Waals surface area contributed by atoms with E-state index < -0.39 is 6.10 Å². The zero-order valence-electron chi connectivity index (χ0n) is 10.1. The van der Waals surface area contributed by atoms with E-state index in [9.17, 15) is 5.11 Å². The Balaban J connectivity index is 2.12. The number of nitrogens with one attached hydrogen (secondary N) is 1. The number of fused-ring (bicyclic) bond motifs is 1. The molecule has 0 aliphatic carbocycles. The molecule has 90 valence electrons. The third kappa shape index (κ3) is 3.02. The van der Waals surface area contributed by atoms with E-state index in [4.69, 9.17) is 0 Å². The summed E-state index contributed by atoms with van der Waals surface area (Å²) >= 11 is 0. The smallest absolute Gasteiger partial charge is 0.0929 e. The van der Waals surface area contributed by atoms with Crippen LogP contribution < -0.4 is 5.32 Å². The van der Waals surface area contributed by atoms with Crippen LogP contribution in [0.3, 0.4) is 0 Å². The van der Waals surface area contributed by atoms with Crippen LogP contribution in [0.1, 0.15) is 25.0 Å². The second-order valence-corrected chi connectivity index (χ2v) is 4.18. The zero-order valence-corrected chi connectivity index (χ0v) is 10.1. The fourth-order valence-corrected chi connectivity index (χ4v) is 1.80. The van der Waals surface area contributed by atoms with E-state index in [0.29, 0.717) is 6.54 Å². The van der Waals surface area contributed by atoms with E-state index in [-0.39, 0.29) is 0 Å². The van der Waals surface area contributed by atoms with E-state index in [1.54, 1.807) is 6.20 Å². The van der Waals surface area contributed by atoms with Gasteiger partial charge in [0.15, 0.2) is 0 Å². The van der Waals surface area contributed by atoms with Crippen LogP contribution in [0.2, 0.25) is 0 Å². The summed E-state index contributed by atoms with van der Waals surface area (Å²) in [6, 6.07) is 9.93. The Labute approximate surface area is 102 Å². The van der Waals surface area contributed by atoms with E-state index in [1.165, 1.54) is 0 Å². The molecule has 0 amide bonds. The van der Waals surface area contributed by atoms with E-state index in [1.807, 2.05) is 30.3 Å². The van der Waals surface area contributed by atoms with Crippen molar-refractivity contribution in [1.29, 1.82) is 0 Å². The first-order valence-corrected chi connectivity index (χ1v) is 6.04. The molecular formula is C14H18N2O. The van der Waals surface area contributed by atoms with Crippen molar-refractivity contribution in [2.24, 2.45) is 0 Å². The lowest BCUT2D eigenvalue weighted by Gasteiger charge is -2.12. The number of pyridine rings is 1. The standard InChI is InChI=1S/C14H18N2O/c1-2-7-15-10-14(17)12-8-11-5-3-4-6-13(11)16-9-12/h3-6,8-9,14-15,17H,2,7,10H2,1H3. The van der Waals surface area contributed by atoms with Crippen LogP contribution in [0.25, 0.3) is 10.9 Å². The fraction of sp³-hybridized carbons (Fsp3) is 0.357. The molecule has 17 heavy (non-hydrogen) atoms. The van der Waals surface area contributed by atoms with Crippen LogP contribution in [-0.2, 0) is 0 Å². The van der Waals surface area contributed by atoms with Gasteiger partial charge in [0.2, 0.25) is 0 Å². The van der Waals surface area contributed by atoms with Crippen molar-refractivity contribution in [3.63, 3.8) is 0 Å². The number of nitrogens with zero attached hydrogens (tertiary/aromatic N) is 1. The van der Waals surface area contributed by atoms with Crippen LogP contribution in [0.4, 0.5) is 0 Å². The summed E-state index contributed by atoms with van der Waals surface area (Å²) in [5, 5.41) is 14.3. The van der Waals surface area contributed by atoms with Crippen LogP contribution >= 0.6 is 0 Å². The zero-order chi connectivity index (χ0) is 12.1. The summed E-state index contributed by atoms with van der Waals surface area (Å²) in [6.45, 7) is 3.61. The lowest BCUT2D eigenvalue weighted by molar-refractivity contribution is 0.175. The highest BCUT2D eigenvalue weighted by atomic mass is 16.3. The van der Waals surface area contributed by atoms with Gasteiger partial charge in [-0.3, -0.25) is 4.98 Å². The quantitative estimate of drug-likeness (QED) is 0.774.